The van der Waals surface area contributed by atoms with Crippen LogP contribution in [-0.2, 0) is 11.3 Å². The van der Waals surface area contributed by atoms with E-state index < -0.39 is 11.2 Å². The van der Waals surface area contributed by atoms with E-state index in [2.05, 4.69) is 15.2 Å². The van der Waals surface area contributed by atoms with Crippen LogP contribution in [0, 0.1) is 0 Å². The van der Waals surface area contributed by atoms with Crippen molar-refractivity contribution in [2.75, 3.05) is 44.6 Å². The zero-order valence-electron chi connectivity index (χ0n) is 21.4. The van der Waals surface area contributed by atoms with E-state index in [0.717, 1.165) is 38.0 Å². The molecule has 0 aliphatic carbocycles. The van der Waals surface area contributed by atoms with Gasteiger partial charge >= 0.3 is 11.7 Å². The van der Waals surface area contributed by atoms with Gasteiger partial charge in [-0.05, 0) is 57.0 Å². The Kier molecular flexibility index (Phi) is 9.30. The summed E-state index contributed by atoms with van der Waals surface area (Å²) in [6.45, 7) is 7.68. The van der Waals surface area contributed by atoms with E-state index in [-0.39, 0.29) is 36.2 Å². The second kappa shape index (κ2) is 12.0. The van der Waals surface area contributed by atoms with E-state index in [1.165, 1.54) is 4.57 Å². The number of anilines is 1. The van der Waals surface area contributed by atoms with Crippen LogP contribution in [0.3, 0.4) is 0 Å². The molecule has 5 N–H and O–H groups in total. The number of benzene rings is 1. The first-order valence-electron chi connectivity index (χ1n) is 12.4. The predicted molar refractivity (Wildman–Crippen MR) is 145 cm³/mol. The standard InChI is InChI=1S/C25H36N8O3.ClH/c1-25(2,27)22(34)31-12-14-32(15-13-31)23(35)28-21-9-11-33(24(36)29-21)20-7-5-18(6-8-20)16-30-10-3-4-19(26)17-30;/h5-9,11,19H,3-4,10,12-17,26-27H2,1-2H3,(H,28,29,35,36);1H/t19-;/m1./s1. The number of hydrogen-bond acceptors (Lipinski definition) is 7. The molecule has 2 aromatic rings. The highest BCUT2D eigenvalue weighted by Crippen LogP contribution is 2.15. The maximum absolute atomic E-state index is 12.7. The Balaban J connectivity index is 0.00000380. The molecule has 1 atom stereocenters. The van der Waals surface area contributed by atoms with Crippen molar-refractivity contribution in [3.05, 3.63) is 52.6 Å². The molecule has 2 saturated heterocycles. The Labute approximate surface area is 223 Å². The number of likely N-dealkylation sites (tertiary alicyclic amines) is 1. The number of hydrogen-bond donors (Lipinski definition) is 3. The number of nitrogens with zero attached hydrogens (tertiary/aromatic N) is 5. The van der Waals surface area contributed by atoms with Crippen LogP contribution in [0.25, 0.3) is 5.69 Å². The molecule has 0 unspecified atom stereocenters. The van der Waals surface area contributed by atoms with Crippen molar-refractivity contribution in [3.63, 3.8) is 0 Å². The minimum atomic E-state index is -0.944. The molecule has 37 heavy (non-hydrogen) atoms. The number of aromatic nitrogens is 2. The van der Waals surface area contributed by atoms with Gasteiger partial charge in [-0.15, -0.1) is 12.4 Å². The van der Waals surface area contributed by atoms with Gasteiger partial charge in [0.2, 0.25) is 5.91 Å². The molecule has 0 bridgehead atoms. The van der Waals surface area contributed by atoms with Crippen molar-refractivity contribution in [3.8, 4) is 5.69 Å². The van der Waals surface area contributed by atoms with Gasteiger partial charge in [-0.1, -0.05) is 12.1 Å². The van der Waals surface area contributed by atoms with Gasteiger partial charge in [-0.25, -0.2) is 9.59 Å². The summed E-state index contributed by atoms with van der Waals surface area (Å²) in [5.41, 5.74) is 12.4. The summed E-state index contributed by atoms with van der Waals surface area (Å²) in [7, 11) is 0. The summed E-state index contributed by atoms with van der Waals surface area (Å²) in [6, 6.07) is 9.27. The number of amides is 3. The first kappa shape index (κ1) is 28.6. The smallest absolute Gasteiger partial charge is 0.338 e. The van der Waals surface area contributed by atoms with Gasteiger partial charge in [-0.2, -0.15) is 4.98 Å². The molecular weight excluding hydrogens is 496 g/mol. The van der Waals surface area contributed by atoms with E-state index in [0.29, 0.717) is 31.9 Å². The molecule has 1 aromatic heterocycles. The van der Waals surface area contributed by atoms with E-state index in [9.17, 15) is 14.4 Å². The Hall–Kier alpha value is -2.99. The van der Waals surface area contributed by atoms with E-state index in [4.69, 9.17) is 11.5 Å². The molecule has 3 heterocycles. The van der Waals surface area contributed by atoms with Gasteiger partial charge in [0.1, 0.15) is 5.82 Å². The largest absolute Gasteiger partial charge is 0.354 e. The quantitative estimate of drug-likeness (QED) is 0.521. The minimum absolute atomic E-state index is 0. The van der Waals surface area contributed by atoms with Crippen LogP contribution in [-0.4, -0.2) is 87.0 Å². The second-order valence-corrected chi connectivity index (χ2v) is 10.2. The molecular formula is C25H37ClN8O3. The van der Waals surface area contributed by atoms with Crippen LogP contribution in [0.4, 0.5) is 10.6 Å². The number of urea groups is 1. The molecule has 12 heteroatoms. The van der Waals surface area contributed by atoms with Gasteiger partial charge in [0.05, 0.1) is 11.2 Å². The van der Waals surface area contributed by atoms with Crippen LogP contribution >= 0.6 is 12.4 Å². The minimum Gasteiger partial charge on any atom is -0.338 e. The maximum atomic E-state index is 12.7. The summed E-state index contributed by atoms with van der Waals surface area (Å²) in [4.78, 5) is 47.3. The Morgan fingerprint density at radius 2 is 1.70 bits per heavy atom. The third-order valence-electron chi connectivity index (χ3n) is 6.61. The maximum Gasteiger partial charge on any atom is 0.354 e. The number of carbonyl (C=O) groups excluding carboxylic acids is 2. The summed E-state index contributed by atoms with van der Waals surface area (Å²) in [5.74, 6) is 0.0393. The number of nitrogens with two attached hydrogens (primary N) is 2. The monoisotopic (exact) mass is 532 g/mol. The van der Waals surface area contributed by atoms with Crippen molar-refractivity contribution in [2.24, 2.45) is 11.5 Å². The molecule has 0 saturated carbocycles. The van der Waals surface area contributed by atoms with Gasteiger partial charge in [0, 0.05) is 51.5 Å². The van der Waals surface area contributed by atoms with Gasteiger partial charge in [-0.3, -0.25) is 19.6 Å². The number of halogens is 1. The van der Waals surface area contributed by atoms with Crippen molar-refractivity contribution in [1.29, 1.82) is 0 Å². The second-order valence-electron chi connectivity index (χ2n) is 10.2. The van der Waals surface area contributed by atoms with Crippen LogP contribution in [0.1, 0.15) is 32.3 Å². The predicted octanol–water partition coefficient (Wildman–Crippen LogP) is 0.991. The van der Waals surface area contributed by atoms with Gasteiger partial charge in [0.15, 0.2) is 0 Å². The van der Waals surface area contributed by atoms with Crippen LogP contribution in [0.5, 0.6) is 0 Å². The van der Waals surface area contributed by atoms with E-state index >= 15 is 0 Å². The highest BCUT2D eigenvalue weighted by atomic mass is 35.5. The zero-order chi connectivity index (χ0) is 25.9. The number of piperazine rings is 1. The topological polar surface area (TPSA) is 143 Å². The lowest BCUT2D eigenvalue weighted by atomic mass is 10.1. The Morgan fingerprint density at radius 3 is 2.30 bits per heavy atom. The summed E-state index contributed by atoms with van der Waals surface area (Å²) < 4.78 is 1.44. The number of carbonyl (C=O) groups is 2. The highest BCUT2D eigenvalue weighted by Gasteiger charge is 2.31. The van der Waals surface area contributed by atoms with Gasteiger partial charge < -0.3 is 21.3 Å². The molecule has 11 nitrogen and oxygen atoms in total. The molecule has 0 spiro atoms. The SMILES string of the molecule is CC(C)(N)C(=O)N1CCN(C(=O)Nc2ccn(-c3ccc(CN4CCC[C@@H](N)C4)cc3)c(=O)n2)CC1.Cl. The van der Waals surface area contributed by atoms with Crippen molar-refractivity contribution >= 4 is 30.2 Å². The fourth-order valence-electron chi connectivity index (χ4n) is 4.63. The van der Waals surface area contributed by atoms with Crippen molar-refractivity contribution in [2.45, 2.75) is 44.8 Å². The summed E-state index contributed by atoms with van der Waals surface area (Å²) >= 11 is 0. The summed E-state index contributed by atoms with van der Waals surface area (Å²) in [5, 5.41) is 2.68. The van der Waals surface area contributed by atoms with Crippen LogP contribution < -0.4 is 22.5 Å². The Bertz CT molecular complexity index is 1140. The zero-order valence-corrected chi connectivity index (χ0v) is 22.2. The summed E-state index contributed by atoms with van der Waals surface area (Å²) in [6.07, 6.45) is 3.79. The molecule has 3 amide bonds. The average molecular weight is 533 g/mol. The average Bonchev–Trinajstić information content (AvgIpc) is 2.84. The normalized spacial score (nSPS) is 18.8. The first-order chi connectivity index (χ1) is 17.1. The van der Waals surface area contributed by atoms with E-state index in [1.807, 2.05) is 24.3 Å². The number of piperidine rings is 1. The fourth-order valence-corrected chi connectivity index (χ4v) is 4.63. The highest BCUT2D eigenvalue weighted by molar-refractivity contribution is 5.89. The molecule has 2 aliphatic rings. The molecule has 2 fully saturated rings. The van der Waals surface area contributed by atoms with Crippen LogP contribution in [0.2, 0.25) is 0 Å². The lowest BCUT2D eigenvalue weighted by Crippen LogP contribution is -2.58. The number of rotatable bonds is 5. The third kappa shape index (κ3) is 7.29. The molecule has 2 aliphatic heterocycles. The van der Waals surface area contributed by atoms with Gasteiger partial charge in [0.25, 0.3) is 0 Å². The fraction of sp³-hybridized carbons (Fsp3) is 0.520. The molecule has 4 rings (SSSR count). The lowest BCUT2D eigenvalue weighted by Gasteiger charge is -2.37. The number of nitrogens with one attached hydrogen (secondary N) is 1. The lowest BCUT2D eigenvalue weighted by molar-refractivity contribution is -0.137. The third-order valence-corrected chi connectivity index (χ3v) is 6.61. The molecule has 0 radical (unpaired) electrons. The van der Waals surface area contributed by atoms with E-state index in [1.54, 1.807) is 35.9 Å². The van der Waals surface area contributed by atoms with Crippen molar-refractivity contribution in [1.82, 2.24) is 24.3 Å². The molecule has 1 aromatic carbocycles. The first-order valence-corrected chi connectivity index (χ1v) is 12.4. The Morgan fingerprint density at radius 1 is 1.05 bits per heavy atom. The van der Waals surface area contributed by atoms with Crippen LogP contribution in [0.15, 0.2) is 41.3 Å². The molecule has 202 valence electrons. The van der Waals surface area contributed by atoms with Crippen molar-refractivity contribution < 1.29 is 9.59 Å².